The molecule has 52 heavy (non-hydrogen) atoms. The summed E-state index contributed by atoms with van der Waals surface area (Å²) < 4.78 is 1.52. The Labute approximate surface area is 319 Å². The van der Waals surface area contributed by atoms with Crippen molar-refractivity contribution in [2.75, 3.05) is 17.3 Å². The van der Waals surface area contributed by atoms with Crippen molar-refractivity contribution in [1.82, 2.24) is 25.5 Å². The van der Waals surface area contributed by atoms with Gasteiger partial charge >= 0.3 is 11.9 Å². The third-order valence-electron chi connectivity index (χ3n) is 7.86. The predicted octanol–water partition coefficient (Wildman–Crippen LogP) is 1.73. The number of hydrogen-bond donors (Lipinski definition) is 6. The highest BCUT2D eigenvalue weighted by Crippen LogP contribution is 2.41. The molecule has 0 spiro atoms. The monoisotopic (exact) mass is 808 g/mol. The van der Waals surface area contributed by atoms with Gasteiger partial charge in [-0.1, -0.05) is 23.2 Å². The SMILES string of the molecule is N[C@@H](Cc1cnc[nH]1)C(=O)CC(NC(=O)C[n+]1ccc(SCC2=C(C(=O)O)N3C(=O)[C@@H](NC(=O)CSc4cc(Cl)ccc4Cl)[C@H]3SC2)cc1)C(=O)O. The van der Waals surface area contributed by atoms with Crippen LogP contribution in [0.25, 0.3) is 0 Å². The smallest absolute Gasteiger partial charge is 0.352 e. The molecule has 0 radical (unpaired) electrons. The number of carboxylic acids is 2. The summed E-state index contributed by atoms with van der Waals surface area (Å²) in [6.07, 6.45) is 5.82. The maximum atomic E-state index is 13.1. The number of hydrogen-bond acceptors (Lipinski definition) is 11. The number of thioether (sulfide) groups is 3. The fourth-order valence-corrected chi connectivity index (χ4v) is 8.94. The number of aliphatic carboxylic acids is 2. The zero-order valence-electron chi connectivity index (χ0n) is 27.0. The van der Waals surface area contributed by atoms with Gasteiger partial charge in [-0.3, -0.25) is 24.1 Å². The summed E-state index contributed by atoms with van der Waals surface area (Å²) >= 11 is 16.0. The second-order valence-electron chi connectivity index (χ2n) is 11.6. The van der Waals surface area contributed by atoms with Crippen molar-refractivity contribution >= 4 is 93.9 Å². The van der Waals surface area contributed by atoms with E-state index in [4.69, 9.17) is 28.9 Å². The number of aromatic amines is 1. The quantitative estimate of drug-likeness (QED) is 0.0650. The molecule has 2 aliphatic heterocycles. The van der Waals surface area contributed by atoms with Crippen LogP contribution in [0.5, 0.6) is 0 Å². The fourth-order valence-electron chi connectivity index (χ4n) is 5.26. The molecule has 274 valence electrons. The normalized spacial score (nSPS) is 17.8. The van der Waals surface area contributed by atoms with Crippen molar-refractivity contribution in [3.63, 3.8) is 0 Å². The summed E-state index contributed by atoms with van der Waals surface area (Å²) in [5.74, 6) is -4.11. The van der Waals surface area contributed by atoms with E-state index in [1.165, 1.54) is 57.3 Å². The number of benzene rings is 1. The van der Waals surface area contributed by atoms with E-state index in [1.807, 2.05) is 0 Å². The van der Waals surface area contributed by atoms with Gasteiger partial charge in [0, 0.05) is 63.2 Å². The topological polar surface area (TPSA) is 229 Å². The lowest BCUT2D eigenvalue weighted by molar-refractivity contribution is -0.684. The van der Waals surface area contributed by atoms with Gasteiger partial charge in [0.1, 0.15) is 23.2 Å². The molecule has 1 unspecified atom stereocenters. The van der Waals surface area contributed by atoms with Crippen LogP contribution in [0.15, 0.2) is 76.3 Å². The van der Waals surface area contributed by atoms with Gasteiger partial charge in [0.2, 0.25) is 12.5 Å². The van der Waals surface area contributed by atoms with E-state index >= 15 is 0 Å². The number of carbonyl (C=O) groups excluding carboxylic acids is 4. The Morgan fingerprint density at radius 3 is 2.54 bits per heavy atom. The number of β-lactam (4-membered cyclic amide) rings is 1. The van der Waals surface area contributed by atoms with Crippen molar-refractivity contribution in [2.24, 2.45) is 5.73 Å². The number of nitrogens with two attached hydrogens (primary N) is 1. The lowest BCUT2D eigenvalue weighted by atomic mass is 10.0. The third-order valence-corrected chi connectivity index (χ3v) is 12.0. The highest BCUT2D eigenvalue weighted by Gasteiger charge is 2.54. The maximum Gasteiger partial charge on any atom is 0.352 e. The molecule has 7 N–H and O–H groups in total. The Morgan fingerprint density at radius 1 is 1.12 bits per heavy atom. The molecule has 4 heterocycles. The standard InChI is InChI=1S/C32H31Cl2N7O8S3/c33-17-1-2-20(34)24(7-17)51-14-26(44)39-27-29(45)41-28(32(48)49)16(13-52-30(27)41)12-50-19-3-5-40(6-4-19)11-25(43)38-22(31(46)47)9-23(42)21(35)8-18-10-36-15-37-18/h1-7,10,15,21-22,27,30H,8-9,11-14,35H2,(H4-,36,37,38,39,43,44,46,47,48,49)/p+1/t21-,22?,27+,30+/m0/s1. The van der Waals surface area contributed by atoms with Crippen molar-refractivity contribution in [3.8, 4) is 0 Å². The molecule has 4 atom stereocenters. The van der Waals surface area contributed by atoms with Crippen molar-refractivity contribution < 1.29 is 43.5 Å². The molecule has 1 saturated heterocycles. The largest absolute Gasteiger partial charge is 0.480 e. The number of carboxylic acid groups (broad SMARTS) is 2. The molecule has 1 fully saturated rings. The molecular formula is C32H32Cl2N7O8S3+. The van der Waals surface area contributed by atoms with Crippen LogP contribution >= 0.6 is 58.5 Å². The molecule has 1 aromatic carbocycles. The Kier molecular flexibility index (Phi) is 13.3. The van der Waals surface area contributed by atoms with Crippen LogP contribution in [0.2, 0.25) is 10.0 Å². The van der Waals surface area contributed by atoms with E-state index in [0.717, 1.165) is 4.90 Å². The van der Waals surface area contributed by atoms with Gasteiger partial charge in [-0.2, -0.15) is 4.57 Å². The van der Waals surface area contributed by atoms with Crippen LogP contribution in [-0.4, -0.2) is 101 Å². The second kappa shape index (κ2) is 17.6. The number of amides is 3. The third kappa shape index (κ3) is 9.87. The van der Waals surface area contributed by atoms with E-state index in [2.05, 4.69) is 20.6 Å². The van der Waals surface area contributed by atoms with Gasteiger partial charge in [0.15, 0.2) is 18.2 Å². The average Bonchev–Trinajstić information content (AvgIpc) is 3.62. The molecule has 20 heteroatoms. The van der Waals surface area contributed by atoms with Crippen molar-refractivity contribution in [2.45, 2.75) is 52.7 Å². The molecule has 2 aromatic heterocycles. The summed E-state index contributed by atoms with van der Waals surface area (Å²) in [4.78, 5) is 84.2. The first-order chi connectivity index (χ1) is 24.8. The summed E-state index contributed by atoms with van der Waals surface area (Å²) in [6, 6.07) is 5.01. The summed E-state index contributed by atoms with van der Waals surface area (Å²) in [5, 5.41) is 25.0. The zero-order chi connectivity index (χ0) is 37.5. The molecule has 0 saturated carbocycles. The van der Waals surface area contributed by atoms with Crippen LogP contribution in [0, 0.1) is 0 Å². The predicted molar refractivity (Wildman–Crippen MR) is 194 cm³/mol. The van der Waals surface area contributed by atoms with Crippen LogP contribution in [0.1, 0.15) is 12.1 Å². The zero-order valence-corrected chi connectivity index (χ0v) is 31.0. The van der Waals surface area contributed by atoms with E-state index in [9.17, 15) is 39.0 Å². The molecule has 0 bridgehead atoms. The van der Waals surface area contributed by atoms with E-state index in [-0.39, 0.29) is 30.2 Å². The molecule has 2 aliphatic rings. The lowest BCUT2D eigenvalue weighted by Gasteiger charge is -2.49. The highest BCUT2D eigenvalue weighted by atomic mass is 35.5. The number of ketones is 1. The number of carbonyl (C=O) groups is 6. The van der Waals surface area contributed by atoms with Crippen molar-refractivity contribution in [3.05, 3.63) is 82.3 Å². The second-order valence-corrected chi connectivity index (χ2v) is 15.6. The van der Waals surface area contributed by atoms with Gasteiger partial charge in [-0.25, -0.2) is 14.6 Å². The van der Waals surface area contributed by atoms with Gasteiger partial charge in [0.05, 0.1) is 23.1 Å². The Balaban J connectivity index is 1.11. The molecule has 15 nitrogen and oxygen atoms in total. The minimum atomic E-state index is -1.46. The van der Waals surface area contributed by atoms with Crippen LogP contribution < -0.4 is 20.9 Å². The van der Waals surface area contributed by atoms with Crippen molar-refractivity contribution in [1.29, 1.82) is 0 Å². The minimum absolute atomic E-state index is 0.0145. The molecular weight excluding hydrogens is 778 g/mol. The van der Waals surface area contributed by atoms with Gasteiger partial charge in [0.25, 0.3) is 11.8 Å². The van der Waals surface area contributed by atoms with Crippen LogP contribution in [-0.2, 0) is 41.7 Å². The van der Waals surface area contributed by atoms with Crippen LogP contribution in [0.3, 0.4) is 0 Å². The first-order valence-electron chi connectivity index (χ1n) is 15.5. The summed E-state index contributed by atoms with van der Waals surface area (Å²) in [7, 11) is 0. The van der Waals surface area contributed by atoms with Gasteiger partial charge in [-0.15, -0.1) is 35.3 Å². The first-order valence-corrected chi connectivity index (χ1v) is 19.2. The number of fused-ring (bicyclic) bond motifs is 1. The molecule has 0 aliphatic carbocycles. The number of nitrogens with one attached hydrogen (secondary N) is 3. The van der Waals surface area contributed by atoms with Crippen LogP contribution in [0.4, 0.5) is 0 Å². The summed E-state index contributed by atoms with van der Waals surface area (Å²) in [6.45, 7) is -0.225. The minimum Gasteiger partial charge on any atom is -0.480 e. The van der Waals surface area contributed by atoms with E-state index < -0.39 is 65.4 Å². The molecule has 3 aromatic rings. The maximum absolute atomic E-state index is 13.1. The number of nitrogens with zero attached hydrogens (tertiary/aromatic N) is 3. The lowest BCUT2D eigenvalue weighted by Crippen LogP contribution is -2.70. The Bertz CT molecular complexity index is 1900. The molecule has 3 amide bonds. The first kappa shape index (κ1) is 39.1. The van der Waals surface area contributed by atoms with Gasteiger partial charge in [-0.05, 0) is 23.8 Å². The number of H-pyrrole nitrogens is 1. The number of Topliss-reactive ketones (excluding diaryl/α,β-unsaturated/α-hetero) is 1. The Hall–Kier alpha value is -4.07. The number of aromatic nitrogens is 3. The number of imidazole rings is 1. The Morgan fingerprint density at radius 2 is 1.87 bits per heavy atom. The highest BCUT2D eigenvalue weighted by molar-refractivity contribution is 8.01. The number of pyridine rings is 1. The molecule has 5 rings (SSSR count). The van der Waals surface area contributed by atoms with Gasteiger partial charge < -0.3 is 31.6 Å². The van der Waals surface area contributed by atoms with E-state index in [1.54, 1.807) is 42.7 Å². The summed E-state index contributed by atoms with van der Waals surface area (Å²) in [5.41, 5.74) is 6.97. The average molecular weight is 810 g/mol. The fraction of sp³-hybridized carbons (Fsp3) is 0.312. The number of halogens is 2. The van der Waals surface area contributed by atoms with E-state index in [0.29, 0.717) is 32.0 Å². The number of rotatable bonds is 17.